The van der Waals surface area contributed by atoms with E-state index >= 15 is 0 Å². The predicted octanol–water partition coefficient (Wildman–Crippen LogP) is 6.29. The standard InChI is InChI=1S/C25H36O3S/c1-4-11-21(2)18-25(29(26,27)24-14-9-6-10-15-24)19-22(3)16-17-28-20-23-12-7-5-8-13-23/h5-10,12-15,21-22,25H,4,11,16-20H2,1-3H3/t21-,22+,25?/m1/s1. The van der Waals surface area contributed by atoms with Gasteiger partial charge in [0.15, 0.2) is 9.84 Å². The largest absolute Gasteiger partial charge is 0.377 e. The van der Waals surface area contributed by atoms with Gasteiger partial charge in [0.25, 0.3) is 0 Å². The molecule has 0 N–H and O–H groups in total. The van der Waals surface area contributed by atoms with Crippen LogP contribution in [0.5, 0.6) is 0 Å². The van der Waals surface area contributed by atoms with E-state index in [0.717, 1.165) is 31.2 Å². The number of hydrogen-bond acceptors (Lipinski definition) is 3. The number of rotatable bonds is 13. The Hall–Kier alpha value is -1.65. The average molecular weight is 417 g/mol. The first-order chi connectivity index (χ1) is 13.9. The lowest BCUT2D eigenvalue weighted by molar-refractivity contribution is 0.107. The van der Waals surface area contributed by atoms with Gasteiger partial charge in [-0.15, -0.1) is 0 Å². The van der Waals surface area contributed by atoms with Gasteiger partial charge in [-0.05, 0) is 48.8 Å². The first-order valence-corrected chi connectivity index (χ1v) is 12.4. The Kier molecular flexibility index (Phi) is 9.89. The van der Waals surface area contributed by atoms with E-state index in [1.165, 1.54) is 0 Å². The quantitative estimate of drug-likeness (QED) is 0.360. The Bertz CT molecular complexity index is 787. The highest BCUT2D eigenvalue weighted by atomic mass is 32.2. The minimum atomic E-state index is -3.32. The van der Waals surface area contributed by atoms with Crippen LogP contribution in [-0.4, -0.2) is 20.3 Å². The smallest absolute Gasteiger partial charge is 0.181 e. The van der Waals surface area contributed by atoms with Crippen LogP contribution in [0.25, 0.3) is 0 Å². The molecule has 0 amide bonds. The molecule has 1 unspecified atom stereocenters. The molecule has 0 radical (unpaired) electrons. The van der Waals surface area contributed by atoms with Gasteiger partial charge in [0.2, 0.25) is 0 Å². The number of benzene rings is 2. The van der Waals surface area contributed by atoms with Crippen LogP contribution in [0.2, 0.25) is 0 Å². The molecule has 0 heterocycles. The molecule has 0 saturated heterocycles. The Labute approximate surface area is 177 Å². The third-order valence-electron chi connectivity index (χ3n) is 5.49. The van der Waals surface area contributed by atoms with Gasteiger partial charge in [-0.25, -0.2) is 8.42 Å². The van der Waals surface area contributed by atoms with Crippen molar-refractivity contribution in [2.75, 3.05) is 6.61 Å². The molecule has 0 fully saturated rings. The van der Waals surface area contributed by atoms with Crippen molar-refractivity contribution in [3.63, 3.8) is 0 Å². The van der Waals surface area contributed by atoms with E-state index in [1.54, 1.807) is 24.3 Å². The second kappa shape index (κ2) is 12.1. The molecule has 2 aromatic carbocycles. The monoisotopic (exact) mass is 416 g/mol. The van der Waals surface area contributed by atoms with Crippen molar-refractivity contribution < 1.29 is 13.2 Å². The molecule has 0 saturated carbocycles. The van der Waals surface area contributed by atoms with Crippen molar-refractivity contribution in [1.82, 2.24) is 0 Å². The predicted molar refractivity (Wildman–Crippen MR) is 121 cm³/mol. The summed E-state index contributed by atoms with van der Waals surface area (Å²) in [5, 5.41) is -0.337. The highest BCUT2D eigenvalue weighted by Crippen LogP contribution is 2.29. The number of sulfone groups is 1. The lowest BCUT2D eigenvalue weighted by Crippen LogP contribution is -2.26. The van der Waals surface area contributed by atoms with Gasteiger partial charge in [0.1, 0.15) is 0 Å². The Morgan fingerprint density at radius 2 is 1.38 bits per heavy atom. The zero-order valence-corrected chi connectivity index (χ0v) is 18.9. The number of hydrogen-bond donors (Lipinski definition) is 0. The second-order valence-electron chi connectivity index (χ2n) is 8.28. The van der Waals surface area contributed by atoms with Crippen molar-refractivity contribution in [2.45, 2.75) is 69.6 Å². The molecule has 0 aliphatic heterocycles. The zero-order chi connectivity index (χ0) is 21.1. The van der Waals surface area contributed by atoms with E-state index in [-0.39, 0.29) is 5.25 Å². The van der Waals surface area contributed by atoms with E-state index in [0.29, 0.717) is 36.4 Å². The maximum absolute atomic E-state index is 13.3. The minimum Gasteiger partial charge on any atom is -0.377 e. The van der Waals surface area contributed by atoms with Crippen LogP contribution in [-0.2, 0) is 21.2 Å². The van der Waals surface area contributed by atoms with Crippen molar-refractivity contribution in [2.24, 2.45) is 11.8 Å². The highest BCUT2D eigenvalue weighted by molar-refractivity contribution is 7.92. The molecule has 0 spiro atoms. The minimum absolute atomic E-state index is 0.295. The molecule has 29 heavy (non-hydrogen) atoms. The van der Waals surface area contributed by atoms with Gasteiger partial charge >= 0.3 is 0 Å². The molecular formula is C25H36O3S. The summed E-state index contributed by atoms with van der Waals surface area (Å²) in [6, 6.07) is 19.1. The van der Waals surface area contributed by atoms with Crippen molar-refractivity contribution in [3.05, 3.63) is 66.2 Å². The van der Waals surface area contributed by atoms with Gasteiger partial charge in [-0.1, -0.05) is 82.1 Å². The SMILES string of the molecule is CCC[C@@H](C)CC(C[C@@H](C)CCOCc1ccccc1)S(=O)(=O)c1ccccc1. The lowest BCUT2D eigenvalue weighted by Gasteiger charge is -2.24. The molecule has 2 rings (SSSR count). The molecule has 3 atom stereocenters. The van der Waals surface area contributed by atoms with Crippen molar-refractivity contribution in [3.8, 4) is 0 Å². The molecule has 0 aliphatic carbocycles. The molecule has 160 valence electrons. The second-order valence-corrected chi connectivity index (χ2v) is 10.5. The van der Waals surface area contributed by atoms with E-state index in [2.05, 4.69) is 32.9 Å². The van der Waals surface area contributed by atoms with Crippen LogP contribution in [0.4, 0.5) is 0 Å². The summed E-state index contributed by atoms with van der Waals surface area (Å²) < 4.78 is 32.4. The zero-order valence-electron chi connectivity index (χ0n) is 18.1. The molecule has 0 aromatic heterocycles. The van der Waals surface area contributed by atoms with Gasteiger partial charge in [-0.3, -0.25) is 0 Å². The molecular weight excluding hydrogens is 380 g/mol. The fourth-order valence-corrected chi connectivity index (χ4v) is 5.91. The van der Waals surface area contributed by atoms with Crippen LogP contribution in [0.3, 0.4) is 0 Å². The third kappa shape index (κ3) is 7.94. The van der Waals surface area contributed by atoms with Crippen molar-refractivity contribution in [1.29, 1.82) is 0 Å². The first-order valence-electron chi connectivity index (χ1n) is 10.8. The molecule has 2 aromatic rings. The fraction of sp³-hybridized carbons (Fsp3) is 0.520. The van der Waals surface area contributed by atoms with E-state index in [1.807, 2.05) is 24.3 Å². The lowest BCUT2D eigenvalue weighted by atomic mass is 9.94. The molecule has 0 bridgehead atoms. The fourth-order valence-electron chi connectivity index (χ4n) is 3.83. The first kappa shape index (κ1) is 23.6. The van der Waals surface area contributed by atoms with Gasteiger partial charge in [0, 0.05) is 6.61 Å². The average Bonchev–Trinajstić information content (AvgIpc) is 2.72. The highest BCUT2D eigenvalue weighted by Gasteiger charge is 2.30. The summed E-state index contributed by atoms with van der Waals surface area (Å²) in [5.41, 5.74) is 1.16. The van der Waals surface area contributed by atoms with Crippen LogP contribution < -0.4 is 0 Å². The van der Waals surface area contributed by atoms with Crippen molar-refractivity contribution >= 4 is 9.84 Å². The summed E-state index contributed by atoms with van der Waals surface area (Å²) in [6.45, 7) is 7.73. The number of ether oxygens (including phenoxy) is 1. The summed E-state index contributed by atoms with van der Waals surface area (Å²) in [4.78, 5) is 0.446. The summed E-state index contributed by atoms with van der Waals surface area (Å²) in [7, 11) is -3.32. The van der Waals surface area contributed by atoms with E-state index in [4.69, 9.17) is 4.74 Å². The normalized spacial score (nSPS) is 15.0. The van der Waals surface area contributed by atoms with Crippen LogP contribution in [0, 0.1) is 11.8 Å². The Balaban J connectivity index is 1.95. The summed E-state index contributed by atoms with van der Waals surface area (Å²) in [5.74, 6) is 0.702. The summed E-state index contributed by atoms with van der Waals surface area (Å²) >= 11 is 0. The Morgan fingerprint density at radius 1 is 0.828 bits per heavy atom. The Morgan fingerprint density at radius 3 is 1.97 bits per heavy atom. The van der Waals surface area contributed by atoms with E-state index in [9.17, 15) is 8.42 Å². The topological polar surface area (TPSA) is 43.4 Å². The maximum Gasteiger partial charge on any atom is 0.181 e. The van der Waals surface area contributed by atoms with Gasteiger partial charge < -0.3 is 4.74 Å². The van der Waals surface area contributed by atoms with Crippen LogP contribution in [0.1, 0.15) is 58.4 Å². The molecule has 0 aliphatic rings. The molecule has 4 heteroatoms. The molecule has 3 nitrogen and oxygen atoms in total. The van der Waals surface area contributed by atoms with E-state index < -0.39 is 9.84 Å². The third-order valence-corrected chi connectivity index (χ3v) is 7.68. The van der Waals surface area contributed by atoms with Crippen LogP contribution >= 0.6 is 0 Å². The van der Waals surface area contributed by atoms with Crippen LogP contribution in [0.15, 0.2) is 65.6 Å². The summed E-state index contributed by atoms with van der Waals surface area (Å²) in [6.07, 6.45) is 4.42. The van der Waals surface area contributed by atoms with Gasteiger partial charge in [0.05, 0.1) is 16.8 Å². The maximum atomic E-state index is 13.3. The van der Waals surface area contributed by atoms with Gasteiger partial charge in [-0.2, -0.15) is 0 Å².